The van der Waals surface area contributed by atoms with Crippen LogP contribution in [0.2, 0.25) is 0 Å². The average Bonchev–Trinajstić information content (AvgIpc) is 2.64. The lowest BCUT2D eigenvalue weighted by Crippen LogP contribution is -2.16. The molecule has 0 saturated heterocycles. The summed E-state index contributed by atoms with van der Waals surface area (Å²) in [5, 5.41) is 3.87. The van der Waals surface area contributed by atoms with Gasteiger partial charge in [0.2, 0.25) is 11.7 Å². The van der Waals surface area contributed by atoms with Crippen LogP contribution >= 0.6 is 0 Å². The molecule has 0 aliphatic rings. The minimum atomic E-state index is -0.134. The van der Waals surface area contributed by atoms with Crippen LogP contribution in [0.25, 0.3) is 11.0 Å². The first kappa shape index (κ1) is 16.6. The predicted molar refractivity (Wildman–Crippen MR) is 94.2 cm³/mol. The Balaban J connectivity index is 2.03. The fraction of sp³-hybridized carbons (Fsp3) is 0.235. The van der Waals surface area contributed by atoms with Crippen LogP contribution in [0, 0.1) is 0 Å². The Morgan fingerprint density at radius 1 is 1.04 bits per heavy atom. The van der Waals surface area contributed by atoms with Gasteiger partial charge in [0.1, 0.15) is 5.65 Å². The van der Waals surface area contributed by atoms with Crippen LogP contribution in [0.15, 0.2) is 35.3 Å². The van der Waals surface area contributed by atoms with Crippen molar-refractivity contribution in [2.75, 3.05) is 26.6 Å². The van der Waals surface area contributed by atoms with E-state index in [2.05, 4.69) is 15.3 Å². The van der Waals surface area contributed by atoms with Gasteiger partial charge in [-0.3, -0.25) is 9.36 Å². The lowest BCUT2D eigenvalue weighted by molar-refractivity contribution is 0.324. The maximum Gasteiger partial charge on any atom is 0.251 e. The van der Waals surface area contributed by atoms with Crippen LogP contribution in [0.1, 0.15) is 0 Å². The Morgan fingerprint density at radius 3 is 2.32 bits per heavy atom. The fourth-order valence-corrected chi connectivity index (χ4v) is 2.49. The van der Waals surface area contributed by atoms with Gasteiger partial charge < -0.3 is 19.5 Å². The lowest BCUT2D eigenvalue weighted by atomic mass is 10.2. The highest BCUT2D eigenvalue weighted by atomic mass is 16.5. The van der Waals surface area contributed by atoms with Crippen LogP contribution in [0.3, 0.4) is 0 Å². The molecule has 0 amide bonds. The summed E-state index contributed by atoms with van der Waals surface area (Å²) in [6, 6.07) is 6.68. The molecule has 0 bridgehead atoms. The number of nitrogens with one attached hydrogen (secondary N) is 1. The van der Waals surface area contributed by atoms with Crippen molar-refractivity contribution in [2.45, 2.75) is 0 Å². The summed E-state index contributed by atoms with van der Waals surface area (Å²) in [6.07, 6.45) is 1.65. The number of ether oxygens (including phenoxy) is 3. The second kappa shape index (κ2) is 6.68. The van der Waals surface area contributed by atoms with Gasteiger partial charge in [0.15, 0.2) is 11.5 Å². The van der Waals surface area contributed by atoms with E-state index in [1.165, 1.54) is 10.6 Å². The van der Waals surface area contributed by atoms with E-state index in [9.17, 15) is 4.79 Å². The number of anilines is 2. The van der Waals surface area contributed by atoms with Crippen molar-refractivity contribution in [1.82, 2.24) is 14.5 Å². The summed E-state index contributed by atoms with van der Waals surface area (Å²) in [4.78, 5) is 20.5. The van der Waals surface area contributed by atoms with Gasteiger partial charge in [0.05, 0.1) is 21.3 Å². The Morgan fingerprint density at radius 2 is 1.72 bits per heavy atom. The molecule has 0 aliphatic heterocycles. The summed E-state index contributed by atoms with van der Waals surface area (Å²) in [5.74, 6) is 1.87. The number of hydrogen-bond acceptors (Lipinski definition) is 7. The number of nitrogens with zero attached hydrogens (tertiary/aromatic N) is 3. The molecule has 0 atom stereocenters. The third-order valence-electron chi connectivity index (χ3n) is 3.77. The highest BCUT2D eigenvalue weighted by Crippen LogP contribution is 2.40. The molecule has 0 radical (unpaired) electrons. The highest BCUT2D eigenvalue weighted by Gasteiger charge is 2.14. The molecule has 130 valence electrons. The number of pyridine rings is 1. The van der Waals surface area contributed by atoms with Gasteiger partial charge in [-0.15, -0.1) is 0 Å². The molecule has 8 nitrogen and oxygen atoms in total. The SMILES string of the molecule is COc1cc(Nc2ncc3ccc(=O)n(C)c3n2)cc(OC)c1OC. The molecule has 8 heteroatoms. The molecule has 0 fully saturated rings. The second-order valence-corrected chi connectivity index (χ2v) is 5.24. The van der Waals surface area contributed by atoms with Crippen LogP contribution < -0.4 is 25.1 Å². The summed E-state index contributed by atoms with van der Waals surface area (Å²) in [6.45, 7) is 0. The van der Waals surface area contributed by atoms with Gasteiger partial charge in [-0.1, -0.05) is 0 Å². The number of benzene rings is 1. The van der Waals surface area contributed by atoms with Gasteiger partial charge in [-0.2, -0.15) is 4.98 Å². The van der Waals surface area contributed by atoms with Crippen molar-refractivity contribution in [3.8, 4) is 17.2 Å². The van der Waals surface area contributed by atoms with E-state index in [0.29, 0.717) is 34.5 Å². The summed E-state index contributed by atoms with van der Waals surface area (Å²) in [7, 11) is 6.30. The van der Waals surface area contributed by atoms with E-state index in [0.717, 1.165) is 5.39 Å². The van der Waals surface area contributed by atoms with E-state index < -0.39 is 0 Å². The second-order valence-electron chi connectivity index (χ2n) is 5.24. The molecule has 2 aromatic heterocycles. The zero-order chi connectivity index (χ0) is 18.0. The van der Waals surface area contributed by atoms with Crippen molar-refractivity contribution in [3.05, 3.63) is 40.8 Å². The molecule has 3 rings (SSSR count). The molecular weight excluding hydrogens is 324 g/mol. The third-order valence-corrected chi connectivity index (χ3v) is 3.77. The first-order valence-electron chi connectivity index (χ1n) is 7.47. The highest BCUT2D eigenvalue weighted by molar-refractivity contribution is 5.76. The van der Waals surface area contributed by atoms with Crippen molar-refractivity contribution in [3.63, 3.8) is 0 Å². The largest absolute Gasteiger partial charge is 0.493 e. The lowest BCUT2D eigenvalue weighted by Gasteiger charge is -2.14. The van der Waals surface area contributed by atoms with E-state index in [-0.39, 0.29) is 5.56 Å². The Kier molecular flexibility index (Phi) is 4.42. The number of aryl methyl sites for hydroxylation is 1. The van der Waals surface area contributed by atoms with Crippen molar-refractivity contribution >= 4 is 22.7 Å². The minimum absolute atomic E-state index is 0.134. The first-order valence-corrected chi connectivity index (χ1v) is 7.47. The Bertz CT molecular complexity index is 959. The minimum Gasteiger partial charge on any atom is -0.493 e. The Labute approximate surface area is 144 Å². The number of methoxy groups -OCH3 is 3. The van der Waals surface area contributed by atoms with Crippen LogP contribution in [-0.4, -0.2) is 35.9 Å². The van der Waals surface area contributed by atoms with Gasteiger partial charge in [-0.05, 0) is 6.07 Å². The standard InChI is InChI=1S/C17H18N4O4/c1-21-14(22)6-5-10-9-18-17(20-16(10)21)19-11-7-12(23-2)15(25-4)13(8-11)24-3/h5-9H,1-4H3,(H,18,19,20). The molecule has 0 spiro atoms. The van der Waals surface area contributed by atoms with E-state index >= 15 is 0 Å². The van der Waals surface area contributed by atoms with E-state index in [1.807, 2.05) is 0 Å². The molecular formula is C17H18N4O4. The van der Waals surface area contributed by atoms with Crippen LogP contribution in [-0.2, 0) is 7.05 Å². The van der Waals surface area contributed by atoms with Crippen LogP contribution in [0.5, 0.6) is 17.2 Å². The smallest absolute Gasteiger partial charge is 0.251 e. The summed E-state index contributed by atoms with van der Waals surface area (Å²) in [5.41, 5.74) is 1.07. The zero-order valence-corrected chi connectivity index (χ0v) is 14.4. The molecule has 1 N–H and O–H groups in total. The van der Waals surface area contributed by atoms with Crippen molar-refractivity contribution < 1.29 is 14.2 Å². The normalized spacial score (nSPS) is 10.6. The maximum atomic E-state index is 11.8. The van der Waals surface area contributed by atoms with E-state index in [4.69, 9.17) is 14.2 Å². The van der Waals surface area contributed by atoms with Crippen molar-refractivity contribution in [2.24, 2.45) is 7.05 Å². The quantitative estimate of drug-likeness (QED) is 0.759. The molecule has 0 aliphatic carbocycles. The first-order chi connectivity index (χ1) is 12.1. The topological polar surface area (TPSA) is 87.5 Å². The van der Waals surface area contributed by atoms with Gasteiger partial charge in [0, 0.05) is 42.5 Å². The number of fused-ring (bicyclic) bond motifs is 1. The molecule has 2 heterocycles. The van der Waals surface area contributed by atoms with Gasteiger partial charge in [0.25, 0.3) is 5.56 Å². The fourth-order valence-electron chi connectivity index (χ4n) is 2.49. The molecule has 0 saturated carbocycles. The third kappa shape index (κ3) is 3.06. The number of aromatic nitrogens is 3. The Hall–Kier alpha value is -3.29. The van der Waals surface area contributed by atoms with Gasteiger partial charge in [-0.25, -0.2) is 4.98 Å². The summed E-state index contributed by atoms with van der Waals surface area (Å²) < 4.78 is 17.4. The van der Waals surface area contributed by atoms with Crippen LogP contribution in [0.4, 0.5) is 11.6 Å². The number of hydrogen-bond donors (Lipinski definition) is 1. The monoisotopic (exact) mass is 342 g/mol. The molecule has 1 aromatic carbocycles. The molecule has 3 aromatic rings. The molecule has 25 heavy (non-hydrogen) atoms. The predicted octanol–water partition coefficient (Wildman–Crippen LogP) is 2.10. The zero-order valence-electron chi connectivity index (χ0n) is 14.4. The van der Waals surface area contributed by atoms with Crippen molar-refractivity contribution in [1.29, 1.82) is 0 Å². The van der Waals surface area contributed by atoms with Gasteiger partial charge >= 0.3 is 0 Å². The molecule has 0 unspecified atom stereocenters. The van der Waals surface area contributed by atoms with E-state index in [1.54, 1.807) is 52.8 Å². The maximum absolute atomic E-state index is 11.8. The number of rotatable bonds is 5. The average molecular weight is 342 g/mol. The summed E-state index contributed by atoms with van der Waals surface area (Å²) >= 11 is 0.